The Kier molecular flexibility index (Phi) is 4.03. The third-order valence-electron chi connectivity index (χ3n) is 4.79. The number of aromatic nitrogens is 2. The van der Waals surface area contributed by atoms with Gasteiger partial charge in [0.25, 0.3) is 0 Å². The van der Waals surface area contributed by atoms with Crippen LogP contribution in [-0.2, 0) is 15.4 Å². The Hall–Kier alpha value is -1.81. The lowest BCUT2D eigenvalue weighted by atomic mass is 9.95. The van der Waals surface area contributed by atoms with E-state index in [1.807, 2.05) is 0 Å². The fourth-order valence-electron chi connectivity index (χ4n) is 3.27. The van der Waals surface area contributed by atoms with Crippen LogP contribution in [0.4, 0.5) is 9.18 Å². The molecule has 25 heavy (non-hydrogen) atoms. The van der Waals surface area contributed by atoms with Gasteiger partial charge >= 0.3 is 6.09 Å². The molecule has 2 heterocycles. The normalized spacial score (nSPS) is 33.0. The number of hydrogen-bond acceptors (Lipinski definition) is 5. The molecule has 2 atom stereocenters. The Morgan fingerprint density at radius 1 is 1.48 bits per heavy atom. The van der Waals surface area contributed by atoms with E-state index >= 15 is 0 Å². The molecule has 1 saturated carbocycles. The van der Waals surface area contributed by atoms with Gasteiger partial charge < -0.3 is 10.4 Å². The molecule has 3 rings (SSSR count). The molecule has 1 amide bonds. The van der Waals surface area contributed by atoms with Gasteiger partial charge in [0.1, 0.15) is 16.3 Å². The summed E-state index contributed by atoms with van der Waals surface area (Å²) in [5, 5.41) is 11.6. The van der Waals surface area contributed by atoms with Crippen LogP contribution in [0.2, 0.25) is 5.28 Å². The van der Waals surface area contributed by atoms with Gasteiger partial charge in [-0.1, -0.05) is 0 Å². The monoisotopic (exact) mass is 390 g/mol. The van der Waals surface area contributed by atoms with Crippen LogP contribution in [0, 0.1) is 11.7 Å². The number of hydrogen-bond donors (Lipinski definition) is 2. The van der Waals surface area contributed by atoms with Gasteiger partial charge in [-0.3, -0.25) is 0 Å². The van der Waals surface area contributed by atoms with E-state index < -0.39 is 37.8 Å². The van der Waals surface area contributed by atoms with Crippen molar-refractivity contribution in [1.82, 2.24) is 15.3 Å². The van der Waals surface area contributed by atoms with Crippen LogP contribution in [0.25, 0.3) is 0 Å². The van der Waals surface area contributed by atoms with Crippen molar-refractivity contribution < 1.29 is 22.7 Å². The first kappa shape index (κ1) is 18.0. The molecule has 0 bridgehead atoms. The van der Waals surface area contributed by atoms with Crippen LogP contribution in [0.5, 0.6) is 0 Å². The maximum atomic E-state index is 14.2. The van der Waals surface area contributed by atoms with Gasteiger partial charge in [0.05, 0.1) is 17.5 Å². The van der Waals surface area contributed by atoms with Gasteiger partial charge in [0.2, 0.25) is 5.28 Å². The molecule has 2 N–H and O–H groups in total. The van der Waals surface area contributed by atoms with E-state index in [1.165, 1.54) is 13.8 Å². The third kappa shape index (κ3) is 2.86. The molecule has 0 spiro atoms. The summed E-state index contributed by atoms with van der Waals surface area (Å²) in [6, 6.07) is 0. The molecule has 0 aromatic carbocycles. The minimum atomic E-state index is -3.87. The Morgan fingerprint density at radius 3 is 2.68 bits per heavy atom. The summed E-state index contributed by atoms with van der Waals surface area (Å²) in [5.74, 6) is -1.77. The van der Waals surface area contributed by atoms with Gasteiger partial charge in [0, 0.05) is 0 Å². The lowest BCUT2D eigenvalue weighted by molar-refractivity contribution is 0.205. The molecule has 1 saturated heterocycles. The zero-order valence-corrected chi connectivity index (χ0v) is 15.0. The van der Waals surface area contributed by atoms with Crippen molar-refractivity contribution in [2.75, 3.05) is 5.75 Å². The summed E-state index contributed by atoms with van der Waals surface area (Å²) in [5.41, 5.74) is -1.79. The highest BCUT2D eigenvalue weighted by Gasteiger charge is 2.61. The predicted molar refractivity (Wildman–Crippen MR) is 87.9 cm³/mol. The van der Waals surface area contributed by atoms with Crippen molar-refractivity contribution >= 4 is 33.4 Å². The van der Waals surface area contributed by atoms with Crippen molar-refractivity contribution in [2.45, 2.75) is 37.0 Å². The number of halogens is 2. The van der Waals surface area contributed by atoms with E-state index in [0.717, 1.165) is 6.20 Å². The molecule has 0 unspecified atom stereocenters. The molecular formula is C14H16ClFN4O4S. The van der Waals surface area contributed by atoms with Crippen molar-refractivity contribution in [2.24, 2.45) is 10.9 Å². The van der Waals surface area contributed by atoms with E-state index in [1.54, 1.807) is 0 Å². The summed E-state index contributed by atoms with van der Waals surface area (Å²) in [6.45, 7) is 2.87. The van der Waals surface area contributed by atoms with Gasteiger partial charge in [-0.05, 0) is 44.2 Å². The average Bonchev–Trinajstić information content (AvgIpc) is 3.30. The topological polar surface area (TPSA) is 122 Å². The fraction of sp³-hybridized carbons (Fsp3) is 0.571. The second-order valence-electron chi connectivity index (χ2n) is 6.68. The fourth-order valence-corrected chi connectivity index (χ4v) is 5.81. The number of carbonyl (C=O) groups is 1. The van der Waals surface area contributed by atoms with E-state index in [2.05, 4.69) is 20.3 Å². The molecule has 2 aliphatic rings. The van der Waals surface area contributed by atoms with Crippen molar-refractivity contribution in [1.29, 1.82) is 0 Å². The molecule has 2 fully saturated rings. The molecule has 1 aromatic heterocycles. The Morgan fingerprint density at radius 2 is 2.12 bits per heavy atom. The predicted octanol–water partition coefficient (Wildman–Crippen LogP) is 1.75. The smallest absolute Gasteiger partial charge is 0.432 e. The number of amidine groups is 1. The number of nitrogens with one attached hydrogen (secondary N) is 1. The number of rotatable bonds is 2. The molecule has 1 aliphatic carbocycles. The van der Waals surface area contributed by atoms with E-state index in [4.69, 9.17) is 16.7 Å². The largest absolute Gasteiger partial charge is 0.463 e. The number of nitrogens with zero attached hydrogens (tertiary/aromatic N) is 3. The number of aliphatic imine (C=N–C) groups is 1. The minimum absolute atomic E-state index is 0.217. The number of sulfone groups is 1. The summed E-state index contributed by atoms with van der Waals surface area (Å²) in [6.07, 6.45) is 0.614. The van der Waals surface area contributed by atoms with Gasteiger partial charge in [-0.15, -0.1) is 0 Å². The number of amides is 1. The lowest BCUT2D eigenvalue weighted by Crippen LogP contribution is -2.66. The highest BCUT2D eigenvalue weighted by atomic mass is 35.5. The lowest BCUT2D eigenvalue weighted by Gasteiger charge is -2.44. The Labute approximate surface area is 148 Å². The average molecular weight is 391 g/mol. The van der Waals surface area contributed by atoms with Crippen molar-refractivity contribution in [3.8, 4) is 0 Å². The highest BCUT2D eigenvalue weighted by Crippen LogP contribution is 2.48. The Balaban J connectivity index is 2.17. The molecule has 1 aromatic rings. The minimum Gasteiger partial charge on any atom is -0.463 e. The highest BCUT2D eigenvalue weighted by molar-refractivity contribution is 7.93. The third-order valence-corrected chi connectivity index (χ3v) is 7.75. The van der Waals surface area contributed by atoms with Crippen molar-refractivity contribution in [3.05, 3.63) is 23.0 Å². The van der Waals surface area contributed by atoms with Gasteiger partial charge in [-0.25, -0.2) is 27.6 Å². The van der Waals surface area contributed by atoms with Crippen LogP contribution in [0.1, 0.15) is 32.4 Å². The van der Waals surface area contributed by atoms with Crippen LogP contribution in [0.3, 0.4) is 0 Å². The maximum Gasteiger partial charge on any atom is 0.432 e. The van der Waals surface area contributed by atoms with Crippen LogP contribution in [-0.4, -0.2) is 45.9 Å². The summed E-state index contributed by atoms with van der Waals surface area (Å²) in [4.78, 5) is 21.9. The molecule has 1 aliphatic heterocycles. The first-order chi connectivity index (χ1) is 11.5. The zero-order chi connectivity index (χ0) is 18.6. The van der Waals surface area contributed by atoms with Gasteiger partial charge in [0.15, 0.2) is 15.7 Å². The molecule has 136 valence electrons. The van der Waals surface area contributed by atoms with Crippen LogP contribution < -0.4 is 5.32 Å². The van der Waals surface area contributed by atoms with Gasteiger partial charge in [-0.2, -0.15) is 4.99 Å². The molecular weight excluding hydrogens is 375 g/mol. The second kappa shape index (κ2) is 5.60. The summed E-state index contributed by atoms with van der Waals surface area (Å²) < 4.78 is 38.9. The van der Waals surface area contributed by atoms with Crippen LogP contribution in [0.15, 0.2) is 11.2 Å². The molecule has 11 heteroatoms. The summed E-state index contributed by atoms with van der Waals surface area (Å²) >= 11 is 5.72. The number of carboxylic acid groups (broad SMARTS) is 1. The standard InChI is InChI=1S/C14H16ClFN4O4S/c1-13(9-8(16)5-17-11(15)18-9)6-25(23,24)14(2,7-3-4-7)10(20-13)19-12(21)22/h5,7H,3-4,6H2,1-2H3,(H,19,20)(H,21,22)/t13-,14-/m0/s1. The zero-order valence-electron chi connectivity index (χ0n) is 13.5. The Bertz CT molecular complexity index is 889. The quantitative estimate of drug-likeness (QED) is 0.737. The van der Waals surface area contributed by atoms with E-state index in [9.17, 15) is 17.6 Å². The SMILES string of the molecule is C[C@@]1(c2nc(Cl)ncc2F)CS(=O)(=O)[C@@](C)(C2CC2)/C(=N/C(=O)O)N1. The first-order valence-electron chi connectivity index (χ1n) is 7.51. The summed E-state index contributed by atoms with van der Waals surface area (Å²) in [7, 11) is -3.87. The maximum absolute atomic E-state index is 14.2. The van der Waals surface area contributed by atoms with E-state index in [-0.39, 0.29) is 22.7 Å². The second-order valence-corrected chi connectivity index (χ2v) is 9.38. The molecule has 8 nitrogen and oxygen atoms in total. The van der Waals surface area contributed by atoms with Crippen molar-refractivity contribution in [3.63, 3.8) is 0 Å². The van der Waals surface area contributed by atoms with Crippen LogP contribution >= 0.6 is 11.6 Å². The van der Waals surface area contributed by atoms with E-state index in [0.29, 0.717) is 12.8 Å². The first-order valence-corrected chi connectivity index (χ1v) is 9.54. The molecule has 0 radical (unpaired) electrons.